The number of carbonyl (C=O) groups is 1. The Kier molecular flexibility index (Phi) is 4.92. The number of hydrogen-bond donors (Lipinski definition) is 0. The molecule has 3 aromatic rings. The first-order valence-electron chi connectivity index (χ1n) is 8.91. The van der Waals surface area contributed by atoms with E-state index in [1.165, 1.54) is 36.3 Å². The van der Waals surface area contributed by atoms with E-state index in [4.69, 9.17) is 9.26 Å². The van der Waals surface area contributed by atoms with Gasteiger partial charge in [0.25, 0.3) is 0 Å². The molecule has 0 saturated carbocycles. The van der Waals surface area contributed by atoms with Crippen molar-refractivity contribution >= 4 is 11.6 Å². The second-order valence-corrected chi connectivity index (χ2v) is 6.76. The number of ether oxygens (including phenoxy) is 1. The van der Waals surface area contributed by atoms with Gasteiger partial charge >= 0.3 is 6.18 Å². The molecule has 0 radical (unpaired) electrons. The lowest BCUT2D eigenvalue weighted by Gasteiger charge is -2.16. The van der Waals surface area contributed by atoms with E-state index in [1.54, 1.807) is 6.07 Å². The van der Waals surface area contributed by atoms with Crippen LogP contribution in [0.2, 0.25) is 0 Å². The van der Waals surface area contributed by atoms with Gasteiger partial charge in [0.1, 0.15) is 0 Å². The second-order valence-electron chi connectivity index (χ2n) is 6.76. The Bertz CT molecular complexity index is 1080. The highest BCUT2D eigenvalue weighted by atomic mass is 19.4. The van der Waals surface area contributed by atoms with Gasteiger partial charge < -0.3 is 14.2 Å². The summed E-state index contributed by atoms with van der Waals surface area (Å²) in [5.41, 5.74) is -0.0431. The van der Waals surface area contributed by atoms with Crippen LogP contribution in [0.15, 0.2) is 47.0 Å². The number of benzene rings is 2. The van der Waals surface area contributed by atoms with Crippen molar-refractivity contribution in [3.8, 4) is 17.1 Å². The molecule has 4 rings (SSSR count). The van der Waals surface area contributed by atoms with Gasteiger partial charge in [-0.2, -0.15) is 18.2 Å². The van der Waals surface area contributed by atoms with Gasteiger partial charge in [-0.05, 0) is 24.3 Å². The first-order chi connectivity index (χ1) is 14.3. The summed E-state index contributed by atoms with van der Waals surface area (Å²) in [6, 6.07) is 8.59. The SMILES string of the molecule is COc1ccc(N2CC(c3nc(-c4ccc(C(F)(F)F)cc4)no3)CC2=O)cc1F. The monoisotopic (exact) mass is 421 g/mol. The van der Waals surface area contributed by atoms with Crippen molar-refractivity contribution < 1.29 is 31.6 Å². The van der Waals surface area contributed by atoms with Gasteiger partial charge in [0.05, 0.1) is 18.6 Å². The fourth-order valence-corrected chi connectivity index (χ4v) is 3.27. The van der Waals surface area contributed by atoms with Crippen LogP contribution in [-0.4, -0.2) is 29.7 Å². The molecule has 1 amide bonds. The number of amides is 1. The molecule has 1 atom stereocenters. The van der Waals surface area contributed by atoms with Crippen molar-refractivity contribution in [1.29, 1.82) is 0 Å². The number of nitrogens with zero attached hydrogens (tertiary/aromatic N) is 3. The van der Waals surface area contributed by atoms with Crippen molar-refractivity contribution in [2.75, 3.05) is 18.6 Å². The minimum absolute atomic E-state index is 0.0695. The van der Waals surface area contributed by atoms with Gasteiger partial charge in [0.2, 0.25) is 17.6 Å². The first-order valence-corrected chi connectivity index (χ1v) is 8.91. The third-order valence-electron chi connectivity index (χ3n) is 4.83. The predicted octanol–water partition coefficient (Wildman–Crippen LogP) is 4.42. The maximum atomic E-state index is 14.0. The fourth-order valence-electron chi connectivity index (χ4n) is 3.27. The Balaban J connectivity index is 1.52. The standard InChI is InChI=1S/C20H15F4N3O3/c1-29-16-7-6-14(9-15(16)21)27-10-12(8-17(27)28)19-25-18(26-30-19)11-2-4-13(5-3-11)20(22,23)24/h2-7,9,12H,8,10H2,1H3. The Morgan fingerprint density at radius 3 is 2.53 bits per heavy atom. The van der Waals surface area contributed by atoms with Gasteiger partial charge in [0, 0.05) is 30.3 Å². The summed E-state index contributed by atoms with van der Waals surface area (Å²) >= 11 is 0. The summed E-state index contributed by atoms with van der Waals surface area (Å²) in [5, 5.41) is 3.81. The van der Waals surface area contributed by atoms with Crippen LogP contribution in [0.3, 0.4) is 0 Å². The van der Waals surface area contributed by atoms with E-state index < -0.39 is 23.5 Å². The molecule has 10 heteroatoms. The van der Waals surface area contributed by atoms with Gasteiger partial charge in [-0.3, -0.25) is 4.79 Å². The third-order valence-corrected chi connectivity index (χ3v) is 4.83. The van der Waals surface area contributed by atoms with Crippen molar-refractivity contribution in [2.24, 2.45) is 0 Å². The zero-order chi connectivity index (χ0) is 21.5. The van der Waals surface area contributed by atoms with Crippen molar-refractivity contribution in [2.45, 2.75) is 18.5 Å². The lowest BCUT2D eigenvalue weighted by Crippen LogP contribution is -2.24. The molecule has 2 heterocycles. The summed E-state index contributed by atoms with van der Waals surface area (Å²) in [7, 11) is 1.35. The van der Waals surface area contributed by atoms with Crippen LogP contribution in [0.5, 0.6) is 5.75 Å². The molecule has 1 saturated heterocycles. The molecular formula is C20H15F4N3O3. The smallest absolute Gasteiger partial charge is 0.416 e. The zero-order valence-electron chi connectivity index (χ0n) is 15.6. The number of halogens is 4. The van der Waals surface area contributed by atoms with Gasteiger partial charge in [-0.1, -0.05) is 17.3 Å². The van der Waals surface area contributed by atoms with Crippen LogP contribution in [0.4, 0.5) is 23.2 Å². The van der Waals surface area contributed by atoms with E-state index in [1.807, 2.05) is 0 Å². The number of alkyl halides is 3. The average Bonchev–Trinajstić information content (AvgIpc) is 3.34. The summed E-state index contributed by atoms with van der Waals surface area (Å²) in [4.78, 5) is 18.1. The summed E-state index contributed by atoms with van der Waals surface area (Å²) < 4.78 is 62.2. The molecular weight excluding hydrogens is 406 g/mol. The summed E-state index contributed by atoms with van der Waals surface area (Å²) in [5.74, 6) is -0.860. The predicted molar refractivity (Wildman–Crippen MR) is 97.4 cm³/mol. The maximum absolute atomic E-state index is 14.0. The number of aromatic nitrogens is 2. The minimum atomic E-state index is -4.43. The molecule has 156 valence electrons. The molecule has 0 spiro atoms. The van der Waals surface area contributed by atoms with Gasteiger partial charge in [-0.15, -0.1) is 0 Å². The van der Waals surface area contributed by atoms with Gasteiger partial charge in [-0.25, -0.2) is 4.39 Å². The van der Waals surface area contributed by atoms with Crippen LogP contribution in [0, 0.1) is 5.82 Å². The van der Waals surface area contributed by atoms with Crippen LogP contribution >= 0.6 is 0 Å². The third kappa shape index (κ3) is 3.72. The molecule has 2 aromatic carbocycles. The van der Waals surface area contributed by atoms with E-state index in [9.17, 15) is 22.4 Å². The molecule has 0 bridgehead atoms. The molecule has 30 heavy (non-hydrogen) atoms. The first kappa shape index (κ1) is 19.9. The fraction of sp³-hybridized carbons (Fsp3) is 0.250. The molecule has 1 aliphatic heterocycles. The number of methoxy groups -OCH3 is 1. The molecule has 1 aromatic heterocycles. The van der Waals surface area contributed by atoms with Crippen molar-refractivity contribution in [3.05, 3.63) is 59.7 Å². The van der Waals surface area contributed by atoms with E-state index in [2.05, 4.69) is 10.1 Å². The zero-order valence-corrected chi connectivity index (χ0v) is 15.6. The Labute approximate surface area is 168 Å². The highest BCUT2D eigenvalue weighted by Gasteiger charge is 2.36. The average molecular weight is 421 g/mol. The highest BCUT2D eigenvalue weighted by Crippen LogP contribution is 2.34. The minimum Gasteiger partial charge on any atom is -0.494 e. The molecule has 6 nitrogen and oxygen atoms in total. The number of hydrogen-bond acceptors (Lipinski definition) is 5. The van der Waals surface area contributed by atoms with Crippen LogP contribution in [-0.2, 0) is 11.0 Å². The van der Waals surface area contributed by atoms with Crippen LogP contribution in [0.1, 0.15) is 23.8 Å². The Morgan fingerprint density at radius 1 is 1.17 bits per heavy atom. The van der Waals surface area contributed by atoms with E-state index in [0.717, 1.165) is 12.1 Å². The molecule has 1 aliphatic rings. The molecule has 1 fully saturated rings. The summed E-state index contributed by atoms with van der Waals surface area (Å²) in [6.07, 6.45) is -4.35. The molecule has 0 N–H and O–H groups in total. The van der Waals surface area contributed by atoms with E-state index >= 15 is 0 Å². The molecule has 0 aliphatic carbocycles. The lowest BCUT2D eigenvalue weighted by atomic mass is 10.1. The highest BCUT2D eigenvalue weighted by molar-refractivity contribution is 5.96. The van der Waals surface area contributed by atoms with E-state index in [0.29, 0.717) is 11.3 Å². The second kappa shape index (κ2) is 7.43. The topological polar surface area (TPSA) is 68.5 Å². The number of carbonyl (C=O) groups excluding carboxylic acids is 1. The van der Waals surface area contributed by atoms with Crippen LogP contribution < -0.4 is 9.64 Å². The largest absolute Gasteiger partial charge is 0.494 e. The van der Waals surface area contributed by atoms with Crippen molar-refractivity contribution in [1.82, 2.24) is 10.1 Å². The number of rotatable bonds is 4. The Morgan fingerprint density at radius 2 is 1.90 bits per heavy atom. The quantitative estimate of drug-likeness (QED) is 0.584. The maximum Gasteiger partial charge on any atom is 0.416 e. The number of anilines is 1. The van der Waals surface area contributed by atoms with Crippen LogP contribution in [0.25, 0.3) is 11.4 Å². The normalized spacial score (nSPS) is 16.9. The molecule has 1 unspecified atom stereocenters. The van der Waals surface area contributed by atoms with Gasteiger partial charge in [0.15, 0.2) is 11.6 Å². The van der Waals surface area contributed by atoms with Crippen molar-refractivity contribution in [3.63, 3.8) is 0 Å². The lowest BCUT2D eigenvalue weighted by molar-refractivity contribution is -0.137. The summed E-state index contributed by atoms with van der Waals surface area (Å²) in [6.45, 7) is 0.208. The Hall–Kier alpha value is -3.43. The van der Waals surface area contributed by atoms with E-state index in [-0.39, 0.29) is 36.3 Å².